The van der Waals surface area contributed by atoms with Gasteiger partial charge in [-0.15, -0.1) is 0 Å². The summed E-state index contributed by atoms with van der Waals surface area (Å²) in [5.74, 6) is 0.818. The number of hydrazone groups is 1. The molecule has 1 aromatic rings. The van der Waals surface area contributed by atoms with Crippen LogP contribution in [0.5, 0.6) is 5.75 Å². The van der Waals surface area contributed by atoms with Gasteiger partial charge in [-0.2, -0.15) is 5.10 Å². The quantitative estimate of drug-likeness (QED) is 0.592. The van der Waals surface area contributed by atoms with Gasteiger partial charge in [-0.25, -0.2) is 5.43 Å². The van der Waals surface area contributed by atoms with Gasteiger partial charge in [0.1, 0.15) is 5.75 Å². The molecule has 1 aromatic carbocycles. The monoisotopic (exact) mass is 390 g/mol. The van der Waals surface area contributed by atoms with Crippen LogP contribution in [0, 0.1) is 12.8 Å². The molecule has 0 saturated carbocycles. The van der Waals surface area contributed by atoms with Crippen LogP contribution in [0.2, 0.25) is 0 Å². The summed E-state index contributed by atoms with van der Waals surface area (Å²) >= 11 is 3.40. The van der Waals surface area contributed by atoms with Gasteiger partial charge in [0.05, 0.1) is 5.71 Å². The summed E-state index contributed by atoms with van der Waals surface area (Å²) < 4.78 is 6.53. The first-order valence-electron chi connectivity index (χ1n) is 7.93. The molecule has 1 atom stereocenters. The number of benzene rings is 1. The van der Waals surface area contributed by atoms with E-state index in [0.29, 0.717) is 11.7 Å². The van der Waals surface area contributed by atoms with E-state index in [9.17, 15) is 4.79 Å². The van der Waals surface area contributed by atoms with E-state index in [-0.39, 0.29) is 12.5 Å². The summed E-state index contributed by atoms with van der Waals surface area (Å²) in [6, 6.07) is 5.67. The number of carbonyl (C=O) groups is 1. The van der Waals surface area contributed by atoms with E-state index in [1.165, 1.54) is 0 Å². The Balaban J connectivity index is 1.91. The first-order chi connectivity index (χ1) is 11.4. The number of rotatable bonds is 5. The van der Waals surface area contributed by atoms with Crippen molar-refractivity contribution in [3.05, 3.63) is 52.0 Å². The lowest BCUT2D eigenvalue weighted by Crippen LogP contribution is -2.27. The number of amides is 1. The Hall–Kier alpha value is -1.88. The number of halogens is 1. The number of hydrogen-bond donors (Lipinski definition) is 1. The summed E-state index contributed by atoms with van der Waals surface area (Å²) in [7, 11) is 0. The second-order valence-corrected chi connectivity index (χ2v) is 7.08. The predicted molar refractivity (Wildman–Crippen MR) is 101 cm³/mol. The Morgan fingerprint density at radius 1 is 1.46 bits per heavy atom. The molecule has 24 heavy (non-hydrogen) atoms. The molecule has 1 aliphatic carbocycles. The van der Waals surface area contributed by atoms with Gasteiger partial charge < -0.3 is 4.74 Å². The standard InChI is InChI=1S/C19H23BrN2O2/c1-12(2)15-6-5-13(3)17(10-15)21-22-19(23)11-24-18-8-7-16(20)9-14(18)4/h5,7-9,15H,1,6,10-11H2,2-4H3,(H,22,23). The van der Waals surface area contributed by atoms with Crippen LogP contribution in [-0.4, -0.2) is 18.2 Å². The average molecular weight is 391 g/mol. The normalized spacial score (nSPS) is 18.9. The van der Waals surface area contributed by atoms with E-state index >= 15 is 0 Å². The largest absolute Gasteiger partial charge is 0.483 e. The molecular formula is C19H23BrN2O2. The number of ether oxygens (including phenoxy) is 1. The van der Waals surface area contributed by atoms with Crippen LogP contribution in [0.25, 0.3) is 0 Å². The molecule has 0 aromatic heterocycles. The minimum atomic E-state index is -0.268. The van der Waals surface area contributed by atoms with Crippen LogP contribution in [0.4, 0.5) is 0 Å². The van der Waals surface area contributed by atoms with Crippen molar-refractivity contribution in [3.63, 3.8) is 0 Å². The molecule has 128 valence electrons. The SMILES string of the molecule is C=C(C)C1CC=C(C)C(=NNC(=O)COc2ccc(Br)cc2C)C1. The minimum Gasteiger partial charge on any atom is -0.483 e. The Bertz CT molecular complexity index is 707. The minimum absolute atomic E-state index is 0.0636. The van der Waals surface area contributed by atoms with Crippen molar-refractivity contribution in [3.8, 4) is 5.75 Å². The zero-order chi connectivity index (χ0) is 17.7. The predicted octanol–water partition coefficient (Wildman–Crippen LogP) is 4.54. The fourth-order valence-electron chi connectivity index (χ4n) is 2.50. The number of aryl methyl sites for hydroxylation is 1. The Labute approximate surface area is 151 Å². The maximum absolute atomic E-state index is 12.0. The zero-order valence-corrected chi connectivity index (χ0v) is 15.9. The highest BCUT2D eigenvalue weighted by molar-refractivity contribution is 9.10. The maximum atomic E-state index is 12.0. The molecule has 0 radical (unpaired) electrons. The molecule has 1 N–H and O–H groups in total. The molecule has 0 saturated heterocycles. The third-order valence-electron chi connectivity index (χ3n) is 4.11. The fraction of sp³-hybridized carbons (Fsp3) is 0.368. The molecule has 1 unspecified atom stereocenters. The van der Waals surface area contributed by atoms with Crippen molar-refractivity contribution in [2.45, 2.75) is 33.6 Å². The molecule has 0 spiro atoms. The summed E-state index contributed by atoms with van der Waals surface area (Å²) in [6.07, 6.45) is 3.94. The lowest BCUT2D eigenvalue weighted by atomic mass is 9.85. The van der Waals surface area contributed by atoms with Gasteiger partial charge in [0.15, 0.2) is 6.61 Å². The second-order valence-electron chi connectivity index (χ2n) is 6.16. The average Bonchev–Trinajstić information content (AvgIpc) is 2.53. The van der Waals surface area contributed by atoms with Crippen molar-refractivity contribution >= 4 is 27.5 Å². The Morgan fingerprint density at radius 2 is 2.21 bits per heavy atom. The molecule has 4 nitrogen and oxygen atoms in total. The van der Waals surface area contributed by atoms with Crippen molar-refractivity contribution < 1.29 is 9.53 Å². The van der Waals surface area contributed by atoms with Crippen LogP contribution >= 0.6 is 15.9 Å². The Morgan fingerprint density at radius 3 is 2.88 bits per heavy atom. The summed E-state index contributed by atoms with van der Waals surface area (Å²) in [5, 5.41) is 4.27. The van der Waals surface area contributed by atoms with Crippen LogP contribution in [-0.2, 0) is 4.79 Å². The first kappa shape index (κ1) is 18.5. The van der Waals surface area contributed by atoms with Gasteiger partial charge in [0.25, 0.3) is 5.91 Å². The lowest BCUT2D eigenvalue weighted by molar-refractivity contribution is -0.123. The van der Waals surface area contributed by atoms with Crippen molar-refractivity contribution in [1.29, 1.82) is 0 Å². The molecule has 2 rings (SSSR count). The third-order valence-corrected chi connectivity index (χ3v) is 4.60. The number of nitrogens with one attached hydrogen (secondary N) is 1. The smallest absolute Gasteiger partial charge is 0.277 e. The maximum Gasteiger partial charge on any atom is 0.277 e. The van der Waals surface area contributed by atoms with Crippen molar-refractivity contribution in [2.24, 2.45) is 11.0 Å². The molecular weight excluding hydrogens is 368 g/mol. The topological polar surface area (TPSA) is 50.7 Å². The van der Waals surface area contributed by atoms with Crippen LogP contribution in [0.3, 0.4) is 0 Å². The van der Waals surface area contributed by atoms with Crippen LogP contribution in [0.1, 0.15) is 32.3 Å². The third kappa shape index (κ3) is 5.06. The van der Waals surface area contributed by atoms with Gasteiger partial charge in [0.2, 0.25) is 0 Å². The van der Waals surface area contributed by atoms with E-state index in [1.54, 1.807) is 0 Å². The molecule has 0 bridgehead atoms. The van der Waals surface area contributed by atoms with Crippen LogP contribution in [0.15, 0.2) is 51.6 Å². The number of carbonyl (C=O) groups excluding carboxylic acids is 1. The summed E-state index contributed by atoms with van der Waals surface area (Å²) in [4.78, 5) is 12.0. The highest BCUT2D eigenvalue weighted by Crippen LogP contribution is 2.26. The molecule has 0 fully saturated rings. The van der Waals surface area contributed by atoms with Gasteiger partial charge in [-0.3, -0.25) is 4.79 Å². The lowest BCUT2D eigenvalue weighted by Gasteiger charge is -2.22. The van der Waals surface area contributed by atoms with E-state index < -0.39 is 0 Å². The number of nitrogens with zero attached hydrogens (tertiary/aromatic N) is 1. The molecule has 1 aliphatic rings. The van der Waals surface area contributed by atoms with Crippen molar-refractivity contribution in [2.75, 3.05) is 6.61 Å². The van der Waals surface area contributed by atoms with Crippen LogP contribution < -0.4 is 10.2 Å². The molecule has 0 heterocycles. The van der Waals surface area contributed by atoms with Gasteiger partial charge in [0, 0.05) is 4.47 Å². The van der Waals surface area contributed by atoms with E-state index in [1.807, 2.05) is 39.0 Å². The molecule has 0 aliphatic heterocycles. The number of allylic oxidation sites excluding steroid dienone is 3. The fourth-order valence-corrected chi connectivity index (χ4v) is 2.98. The highest BCUT2D eigenvalue weighted by Gasteiger charge is 2.18. The van der Waals surface area contributed by atoms with Gasteiger partial charge in [-0.1, -0.05) is 34.2 Å². The van der Waals surface area contributed by atoms with Gasteiger partial charge in [-0.05, 0) is 68.9 Å². The second kappa shape index (κ2) is 8.29. The summed E-state index contributed by atoms with van der Waals surface area (Å²) in [6.45, 7) is 9.94. The first-order valence-corrected chi connectivity index (χ1v) is 8.73. The molecule has 1 amide bonds. The molecule has 5 heteroatoms. The Kier molecular flexibility index (Phi) is 6.37. The van der Waals surface area contributed by atoms with E-state index in [0.717, 1.165) is 39.7 Å². The number of hydrogen-bond acceptors (Lipinski definition) is 3. The van der Waals surface area contributed by atoms with Gasteiger partial charge >= 0.3 is 0 Å². The zero-order valence-electron chi connectivity index (χ0n) is 14.4. The summed E-state index contributed by atoms with van der Waals surface area (Å²) in [5.41, 5.74) is 6.72. The van der Waals surface area contributed by atoms with E-state index in [4.69, 9.17) is 4.74 Å². The van der Waals surface area contributed by atoms with E-state index in [2.05, 4.69) is 39.1 Å². The van der Waals surface area contributed by atoms with Crippen molar-refractivity contribution in [1.82, 2.24) is 5.43 Å². The highest BCUT2D eigenvalue weighted by atomic mass is 79.9.